The number of anilines is 1. The van der Waals surface area contributed by atoms with Crippen LogP contribution in [0, 0.1) is 0 Å². The maximum Gasteiger partial charge on any atom is 0.387 e. The van der Waals surface area contributed by atoms with Crippen LogP contribution in [0.15, 0.2) is 30.5 Å². The third kappa shape index (κ3) is 3.57. The van der Waals surface area contributed by atoms with Crippen LogP contribution in [0.1, 0.15) is 5.69 Å². The lowest BCUT2D eigenvalue weighted by atomic mass is 10.2. The number of benzene rings is 1. The summed E-state index contributed by atoms with van der Waals surface area (Å²) in [6.45, 7) is -2.46. The molecule has 0 radical (unpaired) electrons. The van der Waals surface area contributed by atoms with Crippen molar-refractivity contribution in [3.8, 4) is 11.5 Å². The third-order valence-corrected chi connectivity index (χ3v) is 2.43. The molecule has 7 heteroatoms. The number of alkyl halides is 2. The van der Waals surface area contributed by atoms with E-state index >= 15 is 0 Å². The number of nitrogens with one attached hydrogen (secondary N) is 2. The Morgan fingerprint density at radius 2 is 2.21 bits per heavy atom. The largest absolute Gasteiger partial charge is 0.497 e. The summed E-state index contributed by atoms with van der Waals surface area (Å²) < 4.78 is 34.1. The highest BCUT2D eigenvalue weighted by Gasteiger charge is 2.11. The summed E-state index contributed by atoms with van der Waals surface area (Å²) in [5, 5.41) is 9.55. The van der Waals surface area contributed by atoms with Crippen molar-refractivity contribution in [1.29, 1.82) is 0 Å². The van der Waals surface area contributed by atoms with E-state index in [0.29, 0.717) is 18.0 Å². The molecule has 2 N–H and O–H groups in total. The van der Waals surface area contributed by atoms with Crippen LogP contribution in [-0.4, -0.2) is 23.9 Å². The number of H-pyrrole nitrogens is 1. The molecular weight excluding hydrogens is 256 g/mol. The topological polar surface area (TPSA) is 59.2 Å². The van der Waals surface area contributed by atoms with E-state index in [1.54, 1.807) is 24.4 Å². The SMILES string of the molecule is COc1ccc(OC(F)F)c(NCc2ccn[nH]2)c1. The van der Waals surface area contributed by atoms with Crippen LogP contribution in [0.2, 0.25) is 0 Å². The van der Waals surface area contributed by atoms with Crippen molar-refractivity contribution in [2.75, 3.05) is 12.4 Å². The first-order chi connectivity index (χ1) is 9.19. The van der Waals surface area contributed by atoms with Gasteiger partial charge in [-0.05, 0) is 18.2 Å². The van der Waals surface area contributed by atoms with E-state index < -0.39 is 6.61 Å². The van der Waals surface area contributed by atoms with E-state index in [1.807, 2.05) is 0 Å². The zero-order chi connectivity index (χ0) is 13.7. The van der Waals surface area contributed by atoms with Crippen LogP contribution in [0.5, 0.6) is 11.5 Å². The Hall–Kier alpha value is -2.31. The Bertz CT molecular complexity index is 518. The Labute approximate surface area is 108 Å². The predicted molar refractivity (Wildman–Crippen MR) is 65.5 cm³/mol. The molecule has 0 amide bonds. The van der Waals surface area contributed by atoms with Crippen LogP contribution < -0.4 is 14.8 Å². The van der Waals surface area contributed by atoms with Gasteiger partial charge in [0.25, 0.3) is 0 Å². The molecule has 0 unspecified atom stereocenters. The molecule has 102 valence electrons. The Kier molecular flexibility index (Phi) is 4.17. The summed E-state index contributed by atoms with van der Waals surface area (Å²) in [4.78, 5) is 0. The smallest absolute Gasteiger partial charge is 0.387 e. The van der Waals surface area contributed by atoms with Gasteiger partial charge in [-0.2, -0.15) is 13.9 Å². The molecule has 0 atom stereocenters. The molecule has 0 fully saturated rings. The average Bonchev–Trinajstić information content (AvgIpc) is 2.90. The second-order valence-corrected chi connectivity index (χ2v) is 3.68. The molecule has 0 aliphatic carbocycles. The molecule has 0 aliphatic heterocycles. The van der Waals surface area contributed by atoms with Gasteiger partial charge in [-0.1, -0.05) is 0 Å². The quantitative estimate of drug-likeness (QED) is 0.846. The number of nitrogens with zero attached hydrogens (tertiary/aromatic N) is 1. The normalized spacial score (nSPS) is 10.5. The monoisotopic (exact) mass is 269 g/mol. The number of methoxy groups -OCH3 is 1. The van der Waals surface area contributed by atoms with Crippen LogP contribution in [0.25, 0.3) is 0 Å². The van der Waals surface area contributed by atoms with Crippen molar-refractivity contribution in [2.24, 2.45) is 0 Å². The van der Waals surface area contributed by atoms with Crippen molar-refractivity contribution < 1.29 is 18.3 Å². The standard InChI is InChI=1S/C12H13F2N3O2/c1-18-9-2-3-11(19-12(13)14)10(6-9)15-7-8-4-5-16-17-8/h2-6,12,15H,7H2,1H3,(H,16,17). The van der Waals surface area contributed by atoms with Crippen LogP contribution in [0.4, 0.5) is 14.5 Å². The molecule has 0 bridgehead atoms. The summed E-state index contributed by atoms with van der Waals surface area (Å²) in [5.41, 5.74) is 1.25. The highest BCUT2D eigenvalue weighted by atomic mass is 19.3. The molecule has 0 saturated carbocycles. The van der Waals surface area contributed by atoms with E-state index in [9.17, 15) is 8.78 Å². The molecule has 0 spiro atoms. The number of ether oxygens (including phenoxy) is 2. The molecule has 0 saturated heterocycles. The molecule has 2 aromatic rings. The van der Waals surface area contributed by atoms with E-state index in [0.717, 1.165) is 5.69 Å². The number of halogens is 2. The minimum Gasteiger partial charge on any atom is -0.497 e. The third-order valence-electron chi connectivity index (χ3n) is 2.43. The second kappa shape index (κ2) is 6.03. The molecule has 19 heavy (non-hydrogen) atoms. The van der Waals surface area contributed by atoms with Crippen molar-refractivity contribution in [2.45, 2.75) is 13.2 Å². The van der Waals surface area contributed by atoms with Crippen molar-refractivity contribution in [3.63, 3.8) is 0 Å². The first kappa shape index (κ1) is 13.1. The fourth-order valence-corrected chi connectivity index (χ4v) is 1.55. The lowest BCUT2D eigenvalue weighted by molar-refractivity contribution is -0.0494. The molecule has 1 aromatic heterocycles. The highest BCUT2D eigenvalue weighted by molar-refractivity contribution is 5.59. The first-order valence-electron chi connectivity index (χ1n) is 5.54. The van der Waals surface area contributed by atoms with Gasteiger partial charge in [0, 0.05) is 12.3 Å². The van der Waals surface area contributed by atoms with Crippen molar-refractivity contribution >= 4 is 5.69 Å². The number of hydrogen-bond acceptors (Lipinski definition) is 4. The van der Waals surface area contributed by atoms with Crippen LogP contribution in [0.3, 0.4) is 0 Å². The van der Waals surface area contributed by atoms with Crippen LogP contribution in [-0.2, 0) is 6.54 Å². The number of aromatic nitrogens is 2. The highest BCUT2D eigenvalue weighted by Crippen LogP contribution is 2.30. The van der Waals surface area contributed by atoms with Gasteiger partial charge in [0.05, 0.1) is 25.0 Å². The Balaban J connectivity index is 2.14. The van der Waals surface area contributed by atoms with E-state index in [2.05, 4.69) is 20.3 Å². The van der Waals surface area contributed by atoms with Crippen molar-refractivity contribution in [1.82, 2.24) is 10.2 Å². The van der Waals surface area contributed by atoms with Gasteiger partial charge in [0.2, 0.25) is 0 Å². The molecule has 0 aliphatic rings. The zero-order valence-corrected chi connectivity index (χ0v) is 10.2. The van der Waals surface area contributed by atoms with Crippen LogP contribution >= 0.6 is 0 Å². The van der Waals surface area contributed by atoms with Gasteiger partial charge >= 0.3 is 6.61 Å². The number of aromatic amines is 1. The van der Waals surface area contributed by atoms with E-state index in [4.69, 9.17) is 4.74 Å². The Morgan fingerprint density at radius 3 is 2.84 bits per heavy atom. The maximum atomic E-state index is 12.3. The Morgan fingerprint density at radius 1 is 1.37 bits per heavy atom. The summed E-state index contributed by atoms with van der Waals surface area (Å²) in [7, 11) is 1.50. The molecule has 1 aromatic carbocycles. The first-order valence-corrected chi connectivity index (χ1v) is 5.54. The molecule has 5 nitrogen and oxygen atoms in total. The number of rotatable bonds is 6. The summed E-state index contributed by atoms with van der Waals surface area (Å²) in [5.74, 6) is 0.615. The van der Waals surface area contributed by atoms with Gasteiger partial charge in [0.1, 0.15) is 11.5 Å². The second-order valence-electron chi connectivity index (χ2n) is 3.68. The van der Waals surface area contributed by atoms with Gasteiger partial charge in [-0.3, -0.25) is 5.10 Å². The van der Waals surface area contributed by atoms with Gasteiger partial charge in [-0.15, -0.1) is 0 Å². The zero-order valence-electron chi connectivity index (χ0n) is 10.2. The van der Waals surface area contributed by atoms with Crippen molar-refractivity contribution in [3.05, 3.63) is 36.2 Å². The molecule has 2 rings (SSSR count). The van der Waals surface area contributed by atoms with Gasteiger partial charge < -0.3 is 14.8 Å². The summed E-state index contributed by atoms with van der Waals surface area (Å²) >= 11 is 0. The summed E-state index contributed by atoms with van der Waals surface area (Å²) in [6.07, 6.45) is 1.61. The van der Waals surface area contributed by atoms with Gasteiger partial charge in [-0.25, -0.2) is 0 Å². The lowest BCUT2D eigenvalue weighted by Gasteiger charge is -2.13. The minimum absolute atomic E-state index is 0.0651. The fraction of sp³-hybridized carbons (Fsp3) is 0.250. The van der Waals surface area contributed by atoms with Gasteiger partial charge in [0.15, 0.2) is 0 Å². The predicted octanol–water partition coefficient (Wildman–Crippen LogP) is 2.63. The minimum atomic E-state index is -2.87. The molecular formula is C12H13F2N3O2. The lowest BCUT2D eigenvalue weighted by Crippen LogP contribution is -2.07. The maximum absolute atomic E-state index is 12.3. The summed E-state index contributed by atoms with van der Waals surface area (Å²) in [6, 6.07) is 6.36. The number of hydrogen-bond donors (Lipinski definition) is 2. The van der Waals surface area contributed by atoms with E-state index in [1.165, 1.54) is 13.2 Å². The average molecular weight is 269 g/mol. The van der Waals surface area contributed by atoms with E-state index in [-0.39, 0.29) is 5.75 Å². The molecule has 1 heterocycles. The fourth-order valence-electron chi connectivity index (χ4n) is 1.55.